The molecule has 1 aromatic heterocycles. The number of nitrogen functional groups attached to an aromatic ring is 1. The van der Waals surface area contributed by atoms with Crippen LogP contribution >= 0.6 is 11.3 Å². The van der Waals surface area contributed by atoms with E-state index in [4.69, 9.17) is 5.73 Å². The molecule has 0 saturated heterocycles. The van der Waals surface area contributed by atoms with Crippen LogP contribution in [0.1, 0.15) is 12.5 Å². The van der Waals surface area contributed by atoms with Gasteiger partial charge in [0.1, 0.15) is 0 Å². The average Bonchev–Trinajstić information content (AvgIpc) is 2.44. The topological polar surface area (TPSA) is 68.0 Å². The van der Waals surface area contributed by atoms with Gasteiger partial charge in [0.15, 0.2) is 5.13 Å². The van der Waals surface area contributed by atoms with E-state index in [0.29, 0.717) is 5.13 Å². The highest BCUT2D eigenvalue weighted by Crippen LogP contribution is 2.28. The van der Waals surface area contributed by atoms with E-state index in [-0.39, 0.29) is 5.91 Å². The maximum absolute atomic E-state index is 11.0. The van der Waals surface area contributed by atoms with Gasteiger partial charge in [-0.3, -0.25) is 4.79 Å². The number of amides is 1. The lowest BCUT2D eigenvalue weighted by molar-refractivity contribution is -0.114. The molecular weight excluding hydrogens is 210 g/mol. The molecule has 5 heteroatoms. The largest absolute Gasteiger partial charge is 0.375 e. The first-order chi connectivity index (χ1) is 7.06. The van der Waals surface area contributed by atoms with Gasteiger partial charge in [-0.2, -0.15) is 0 Å². The first-order valence-corrected chi connectivity index (χ1v) is 5.32. The van der Waals surface area contributed by atoms with E-state index in [0.717, 1.165) is 21.5 Å². The van der Waals surface area contributed by atoms with E-state index in [1.807, 2.05) is 19.1 Å². The number of hydrogen-bond acceptors (Lipinski definition) is 4. The highest BCUT2D eigenvalue weighted by atomic mass is 32.1. The molecule has 2 rings (SSSR count). The number of carbonyl (C=O) groups excluding carboxylic acids is 1. The van der Waals surface area contributed by atoms with Crippen molar-refractivity contribution in [1.29, 1.82) is 0 Å². The lowest BCUT2D eigenvalue weighted by atomic mass is 10.2. The Morgan fingerprint density at radius 1 is 1.53 bits per heavy atom. The molecule has 4 nitrogen and oxygen atoms in total. The monoisotopic (exact) mass is 221 g/mol. The van der Waals surface area contributed by atoms with Crippen LogP contribution in [0.4, 0.5) is 10.8 Å². The number of aryl methyl sites for hydroxylation is 1. The summed E-state index contributed by atoms with van der Waals surface area (Å²) in [6.07, 6.45) is 0. The second-order valence-electron chi connectivity index (χ2n) is 3.37. The molecule has 0 aliphatic carbocycles. The number of nitrogens with two attached hydrogens (primary N) is 1. The third kappa shape index (κ3) is 1.92. The fraction of sp³-hybridized carbons (Fsp3) is 0.200. The molecule has 1 amide bonds. The molecule has 1 heterocycles. The zero-order valence-electron chi connectivity index (χ0n) is 8.50. The van der Waals surface area contributed by atoms with Crippen LogP contribution in [-0.4, -0.2) is 10.9 Å². The third-order valence-corrected chi connectivity index (χ3v) is 2.91. The molecule has 0 fully saturated rings. The fourth-order valence-corrected chi connectivity index (χ4v) is 2.23. The van der Waals surface area contributed by atoms with Crippen molar-refractivity contribution < 1.29 is 4.79 Å². The molecule has 3 N–H and O–H groups in total. The van der Waals surface area contributed by atoms with Crippen molar-refractivity contribution in [2.75, 3.05) is 11.1 Å². The van der Waals surface area contributed by atoms with E-state index < -0.39 is 0 Å². The number of anilines is 2. The van der Waals surface area contributed by atoms with Crippen LogP contribution in [-0.2, 0) is 4.79 Å². The van der Waals surface area contributed by atoms with Crippen molar-refractivity contribution >= 4 is 38.3 Å². The SMILES string of the molecule is CC(=O)Nc1cc2nc(N)sc2cc1C. The van der Waals surface area contributed by atoms with E-state index in [2.05, 4.69) is 10.3 Å². The van der Waals surface area contributed by atoms with E-state index in [9.17, 15) is 4.79 Å². The Kier molecular flexibility index (Phi) is 2.32. The van der Waals surface area contributed by atoms with Gasteiger partial charge in [0.25, 0.3) is 0 Å². The molecule has 0 radical (unpaired) electrons. The Balaban J connectivity index is 2.55. The Bertz CT molecular complexity index is 533. The Hall–Kier alpha value is -1.62. The number of fused-ring (bicyclic) bond motifs is 1. The average molecular weight is 221 g/mol. The summed E-state index contributed by atoms with van der Waals surface area (Å²) in [7, 11) is 0. The van der Waals surface area contributed by atoms with Crippen molar-refractivity contribution in [1.82, 2.24) is 4.98 Å². The zero-order chi connectivity index (χ0) is 11.0. The standard InChI is InChI=1S/C10H11N3OS/c1-5-3-9-8(13-10(11)15-9)4-7(5)12-6(2)14/h3-4H,1-2H3,(H2,11,13)(H,12,14). The van der Waals surface area contributed by atoms with Gasteiger partial charge in [0.2, 0.25) is 5.91 Å². The highest BCUT2D eigenvalue weighted by Gasteiger charge is 2.06. The zero-order valence-corrected chi connectivity index (χ0v) is 9.31. The maximum Gasteiger partial charge on any atom is 0.221 e. The molecule has 0 spiro atoms. The summed E-state index contributed by atoms with van der Waals surface area (Å²) in [4.78, 5) is 15.1. The minimum Gasteiger partial charge on any atom is -0.375 e. The van der Waals surface area contributed by atoms with Gasteiger partial charge in [-0.25, -0.2) is 4.98 Å². The summed E-state index contributed by atoms with van der Waals surface area (Å²) in [5.74, 6) is -0.0827. The van der Waals surface area contributed by atoms with E-state index in [1.54, 1.807) is 0 Å². The van der Waals surface area contributed by atoms with Gasteiger partial charge in [-0.1, -0.05) is 11.3 Å². The summed E-state index contributed by atoms with van der Waals surface area (Å²) in [5, 5.41) is 3.31. The number of aromatic nitrogens is 1. The minimum atomic E-state index is -0.0827. The third-order valence-electron chi connectivity index (χ3n) is 2.06. The van der Waals surface area contributed by atoms with Crippen LogP contribution < -0.4 is 11.1 Å². The maximum atomic E-state index is 11.0. The van der Waals surface area contributed by atoms with Crippen molar-refractivity contribution in [3.05, 3.63) is 17.7 Å². The van der Waals surface area contributed by atoms with Gasteiger partial charge in [-0.05, 0) is 24.6 Å². The number of nitrogens with zero attached hydrogens (tertiary/aromatic N) is 1. The van der Waals surface area contributed by atoms with Crippen molar-refractivity contribution in [2.45, 2.75) is 13.8 Å². The van der Waals surface area contributed by atoms with Crippen LogP contribution in [0.25, 0.3) is 10.2 Å². The van der Waals surface area contributed by atoms with E-state index in [1.165, 1.54) is 18.3 Å². The molecular formula is C10H11N3OS. The summed E-state index contributed by atoms with van der Waals surface area (Å²) in [6.45, 7) is 3.43. The van der Waals surface area contributed by atoms with Crippen LogP contribution in [0.3, 0.4) is 0 Å². The quantitative estimate of drug-likeness (QED) is 0.775. The summed E-state index contributed by atoms with van der Waals surface area (Å²) < 4.78 is 1.04. The van der Waals surface area contributed by atoms with Crippen molar-refractivity contribution in [2.24, 2.45) is 0 Å². The second-order valence-corrected chi connectivity index (χ2v) is 4.43. The molecule has 78 valence electrons. The van der Waals surface area contributed by atoms with E-state index >= 15 is 0 Å². The second kappa shape index (κ2) is 3.51. The Labute approximate surface area is 91.1 Å². The van der Waals surface area contributed by atoms with Gasteiger partial charge >= 0.3 is 0 Å². The number of benzene rings is 1. The molecule has 0 bridgehead atoms. The summed E-state index contributed by atoms with van der Waals surface area (Å²) >= 11 is 1.45. The molecule has 0 aliphatic rings. The molecule has 0 atom stereocenters. The normalized spacial score (nSPS) is 10.5. The summed E-state index contributed by atoms with van der Waals surface area (Å²) in [5.41, 5.74) is 8.24. The van der Waals surface area contributed by atoms with Gasteiger partial charge in [0.05, 0.1) is 10.2 Å². The highest BCUT2D eigenvalue weighted by molar-refractivity contribution is 7.22. The first kappa shape index (κ1) is 9.92. The first-order valence-electron chi connectivity index (χ1n) is 4.50. The molecule has 0 saturated carbocycles. The van der Waals surface area contributed by atoms with Crippen LogP contribution in [0, 0.1) is 6.92 Å². The Morgan fingerprint density at radius 3 is 2.93 bits per heavy atom. The van der Waals surface area contributed by atoms with Crippen molar-refractivity contribution in [3.8, 4) is 0 Å². The predicted molar refractivity (Wildman–Crippen MR) is 63.1 cm³/mol. The smallest absolute Gasteiger partial charge is 0.221 e. The van der Waals surface area contributed by atoms with Crippen molar-refractivity contribution in [3.63, 3.8) is 0 Å². The summed E-state index contributed by atoms with van der Waals surface area (Å²) in [6, 6.07) is 3.83. The Morgan fingerprint density at radius 2 is 2.27 bits per heavy atom. The number of nitrogens with one attached hydrogen (secondary N) is 1. The van der Waals surface area contributed by atoms with Gasteiger partial charge < -0.3 is 11.1 Å². The van der Waals surface area contributed by atoms with Crippen LogP contribution in [0.5, 0.6) is 0 Å². The lowest BCUT2D eigenvalue weighted by Crippen LogP contribution is -2.06. The molecule has 0 aliphatic heterocycles. The predicted octanol–water partition coefficient (Wildman–Crippen LogP) is 2.15. The van der Waals surface area contributed by atoms with Crippen LogP contribution in [0.15, 0.2) is 12.1 Å². The fourth-order valence-electron chi connectivity index (χ4n) is 1.42. The minimum absolute atomic E-state index is 0.0827. The molecule has 0 unspecified atom stereocenters. The molecule has 2 aromatic rings. The number of hydrogen-bond donors (Lipinski definition) is 2. The number of thiazole rings is 1. The lowest BCUT2D eigenvalue weighted by Gasteiger charge is -2.05. The molecule has 15 heavy (non-hydrogen) atoms. The van der Waals surface area contributed by atoms with Gasteiger partial charge in [-0.15, -0.1) is 0 Å². The van der Waals surface area contributed by atoms with Crippen LogP contribution in [0.2, 0.25) is 0 Å². The van der Waals surface area contributed by atoms with Gasteiger partial charge in [0, 0.05) is 12.6 Å². The molecule has 1 aromatic carbocycles. The number of carbonyl (C=O) groups is 1. The number of rotatable bonds is 1.